The molecule has 3 nitrogen and oxygen atoms in total. The Kier molecular flexibility index (Phi) is 2.84. The number of carbonyl (C=O) groups is 1. The monoisotopic (exact) mass is 185 g/mol. The molecule has 0 heterocycles. The highest BCUT2D eigenvalue weighted by Gasteiger charge is 2.31. The molecule has 0 bridgehead atoms. The zero-order valence-corrected chi connectivity index (χ0v) is 8.71. The Labute approximate surface area is 79.7 Å². The quantitative estimate of drug-likeness (QED) is 0.682. The Balaban J connectivity index is 2.56. The lowest BCUT2D eigenvalue weighted by Crippen LogP contribution is -2.41. The van der Waals surface area contributed by atoms with Crippen molar-refractivity contribution in [3.8, 4) is 0 Å². The zero-order chi connectivity index (χ0) is 10.1. The second kappa shape index (κ2) is 3.56. The van der Waals surface area contributed by atoms with Crippen LogP contribution in [0.3, 0.4) is 0 Å². The maximum absolute atomic E-state index is 10.7. The predicted molar refractivity (Wildman–Crippen MR) is 51.8 cm³/mol. The van der Waals surface area contributed by atoms with Crippen LogP contribution < -0.4 is 0 Å². The third-order valence-corrected chi connectivity index (χ3v) is 3.03. The zero-order valence-electron chi connectivity index (χ0n) is 8.71. The molecule has 1 aliphatic rings. The van der Waals surface area contributed by atoms with Gasteiger partial charge in [0, 0.05) is 13.1 Å². The lowest BCUT2D eigenvalue weighted by atomic mass is 9.75. The first-order valence-corrected chi connectivity index (χ1v) is 4.88. The summed E-state index contributed by atoms with van der Waals surface area (Å²) in [7, 11) is 1.67. The van der Waals surface area contributed by atoms with Crippen LogP contribution in [0.25, 0.3) is 0 Å². The highest BCUT2D eigenvalue weighted by atomic mass is 16.4. The molecule has 1 amide bonds. The molecule has 0 aliphatic heterocycles. The topological polar surface area (TPSA) is 40.5 Å². The normalized spacial score (nSPS) is 26.8. The van der Waals surface area contributed by atoms with Gasteiger partial charge in [0.15, 0.2) is 0 Å². The predicted octanol–water partition coefficient (Wildman–Crippen LogP) is 2.57. The van der Waals surface area contributed by atoms with E-state index in [0.717, 1.165) is 19.3 Å². The third-order valence-electron chi connectivity index (χ3n) is 3.03. The summed E-state index contributed by atoms with van der Waals surface area (Å²) in [5.41, 5.74) is 0.312. The Morgan fingerprint density at radius 1 is 1.54 bits per heavy atom. The summed E-state index contributed by atoms with van der Waals surface area (Å²) < 4.78 is 0. The van der Waals surface area contributed by atoms with Gasteiger partial charge in [0.05, 0.1) is 0 Å². The van der Waals surface area contributed by atoms with Crippen molar-refractivity contribution >= 4 is 6.09 Å². The van der Waals surface area contributed by atoms with E-state index in [0.29, 0.717) is 5.41 Å². The molecular formula is C10H19NO2. The average Bonchev–Trinajstić information content (AvgIpc) is 2.01. The molecule has 1 rings (SSSR count). The fourth-order valence-electron chi connectivity index (χ4n) is 2.14. The van der Waals surface area contributed by atoms with Crippen molar-refractivity contribution in [2.45, 2.75) is 45.6 Å². The molecule has 1 aliphatic carbocycles. The molecule has 1 unspecified atom stereocenters. The maximum atomic E-state index is 10.7. The standard InChI is InChI=1S/C10H19NO2/c1-10(2)6-4-5-8(7-10)11(3)9(12)13/h8H,4-7H2,1-3H3,(H,12,13). The molecule has 1 atom stereocenters. The molecule has 1 fully saturated rings. The Hall–Kier alpha value is -0.730. The Morgan fingerprint density at radius 2 is 2.15 bits per heavy atom. The van der Waals surface area contributed by atoms with Gasteiger partial charge >= 0.3 is 6.09 Å². The molecule has 0 aromatic carbocycles. The number of carboxylic acid groups (broad SMARTS) is 1. The van der Waals surface area contributed by atoms with Gasteiger partial charge in [-0.15, -0.1) is 0 Å². The maximum Gasteiger partial charge on any atom is 0.407 e. The van der Waals surface area contributed by atoms with Crippen molar-refractivity contribution in [3.63, 3.8) is 0 Å². The largest absolute Gasteiger partial charge is 0.465 e. The van der Waals surface area contributed by atoms with Gasteiger partial charge in [-0.25, -0.2) is 4.79 Å². The lowest BCUT2D eigenvalue weighted by Gasteiger charge is -2.38. The molecule has 13 heavy (non-hydrogen) atoms. The highest BCUT2D eigenvalue weighted by Crippen LogP contribution is 2.36. The van der Waals surface area contributed by atoms with Crippen LogP contribution in [-0.4, -0.2) is 29.2 Å². The third kappa shape index (κ3) is 2.61. The van der Waals surface area contributed by atoms with Crippen molar-refractivity contribution in [2.24, 2.45) is 5.41 Å². The summed E-state index contributed by atoms with van der Waals surface area (Å²) >= 11 is 0. The minimum atomic E-state index is -0.803. The van der Waals surface area contributed by atoms with Crippen LogP contribution in [-0.2, 0) is 0 Å². The molecule has 0 aromatic heterocycles. The molecule has 76 valence electrons. The summed E-state index contributed by atoms with van der Waals surface area (Å²) in [4.78, 5) is 12.2. The van der Waals surface area contributed by atoms with E-state index in [1.54, 1.807) is 7.05 Å². The molecule has 1 saturated carbocycles. The number of rotatable bonds is 1. The van der Waals surface area contributed by atoms with E-state index >= 15 is 0 Å². The van der Waals surface area contributed by atoms with E-state index in [1.807, 2.05) is 0 Å². The van der Waals surface area contributed by atoms with Crippen LogP contribution in [0.15, 0.2) is 0 Å². The van der Waals surface area contributed by atoms with Gasteiger partial charge in [-0.3, -0.25) is 0 Å². The molecule has 1 N–H and O–H groups in total. The minimum absolute atomic E-state index is 0.223. The molecule has 0 saturated heterocycles. The smallest absolute Gasteiger partial charge is 0.407 e. The summed E-state index contributed by atoms with van der Waals surface area (Å²) in [5.74, 6) is 0. The fourth-order valence-corrected chi connectivity index (χ4v) is 2.14. The number of hydrogen-bond acceptors (Lipinski definition) is 1. The number of amides is 1. The van der Waals surface area contributed by atoms with Crippen LogP contribution in [0.4, 0.5) is 4.79 Å². The fraction of sp³-hybridized carbons (Fsp3) is 0.900. The number of hydrogen-bond donors (Lipinski definition) is 1. The van der Waals surface area contributed by atoms with Crippen molar-refractivity contribution in [3.05, 3.63) is 0 Å². The first kappa shape index (κ1) is 10.4. The van der Waals surface area contributed by atoms with Crippen LogP contribution in [0.5, 0.6) is 0 Å². The van der Waals surface area contributed by atoms with E-state index < -0.39 is 6.09 Å². The van der Waals surface area contributed by atoms with Gasteiger partial charge in [-0.2, -0.15) is 0 Å². The van der Waals surface area contributed by atoms with Gasteiger partial charge in [0.2, 0.25) is 0 Å². The van der Waals surface area contributed by atoms with E-state index in [9.17, 15) is 4.79 Å². The highest BCUT2D eigenvalue weighted by molar-refractivity contribution is 5.64. The summed E-state index contributed by atoms with van der Waals surface area (Å²) in [6.45, 7) is 4.43. The molecular weight excluding hydrogens is 166 g/mol. The lowest BCUT2D eigenvalue weighted by molar-refractivity contribution is 0.0965. The van der Waals surface area contributed by atoms with Gasteiger partial charge in [-0.05, 0) is 24.7 Å². The van der Waals surface area contributed by atoms with Crippen molar-refractivity contribution < 1.29 is 9.90 Å². The first-order valence-electron chi connectivity index (χ1n) is 4.88. The van der Waals surface area contributed by atoms with Crippen LogP contribution in [0.2, 0.25) is 0 Å². The SMILES string of the molecule is CN(C(=O)O)C1CCCC(C)(C)C1. The van der Waals surface area contributed by atoms with Crippen LogP contribution in [0, 0.1) is 5.41 Å². The second-order valence-corrected chi connectivity index (χ2v) is 4.81. The van der Waals surface area contributed by atoms with Gasteiger partial charge < -0.3 is 10.0 Å². The van der Waals surface area contributed by atoms with Gasteiger partial charge in [-0.1, -0.05) is 20.3 Å². The van der Waals surface area contributed by atoms with Gasteiger partial charge in [0.1, 0.15) is 0 Å². The summed E-state index contributed by atoms with van der Waals surface area (Å²) in [5, 5.41) is 8.83. The molecule has 3 heteroatoms. The van der Waals surface area contributed by atoms with E-state index in [2.05, 4.69) is 13.8 Å². The molecule has 0 aromatic rings. The average molecular weight is 185 g/mol. The van der Waals surface area contributed by atoms with Gasteiger partial charge in [0.25, 0.3) is 0 Å². The summed E-state index contributed by atoms with van der Waals surface area (Å²) in [6, 6.07) is 0.223. The minimum Gasteiger partial charge on any atom is -0.465 e. The van der Waals surface area contributed by atoms with Crippen LogP contribution in [0.1, 0.15) is 39.5 Å². The van der Waals surface area contributed by atoms with Crippen molar-refractivity contribution in [1.82, 2.24) is 4.90 Å². The van der Waals surface area contributed by atoms with Crippen LogP contribution >= 0.6 is 0 Å². The summed E-state index contributed by atoms with van der Waals surface area (Å²) in [6.07, 6.45) is 3.58. The molecule has 0 radical (unpaired) electrons. The van der Waals surface area contributed by atoms with E-state index in [1.165, 1.54) is 11.3 Å². The number of nitrogens with zero attached hydrogens (tertiary/aromatic N) is 1. The molecule has 0 spiro atoms. The van der Waals surface area contributed by atoms with Crippen molar-refractivity contribution in [1.29, 1.82) is 0 Å². The van der Waals surface area contributed by atoms with E-state index in [4.69, 9.17) is 5.11 Å². The van der Waals surface area contributed by atoms with Crippen molar-refractivity contribution in [2.75, 3.05) is 7.05 Å². The second-order valence-electron chi connectivity index (χ2n) is 4.81. The first-order chi connectivity index (χ1) is 5.92. The van der Waals surface area contributed by atoms with E-state index in [-0.39, 0.29) is 6.04 Å². The Bertz CT molecular complexity index is 201. The Morgan fingerprint density at radius 3 is 2.62 bits per heavy atom.